The van der Waals surface area contributed by atoms with Gasteiger partial charge in [0.1, 0.15) is 35.5 Å². The van der Waals surface area contributed by atoms with Gasteiger partial charge in [0.2, 0.25) is 29.5 Å². The summed E-state index contributed by atoms with van der Waals surface area (Å²) in [5, 5.41) is 31.9. The highest BCUT2D eigenvalue weighted by molar-refractivity contribution is 5.96. The lowest BCUT2D eigenvalue weighted by atomic mass is 10.0. The zero-order valence-electron chi connectivity index (χ0n) is 26.9. The topological polar surface area (TPSA) is 233 Å². The van der Waals surface area contributed by atoms with Crippen LogP contribution < -0.4 is 32.2 Å². The quantitative estimate of drug-likeness (QED) is 0.111. The lowest BCUT2D eigenvalue weighted by molar-refractivity contribution is -0.141. The summed E-state index contributed by atoms with van der Waals surface area (Å²) < 4.78 is 5.24. The van der Waals surface area contributed by atoms with Gasteiger partial charge < -0.3 is 41.2 Å². The predicted octanol–water partition coefficient (Wildman–Crippen LogP) is 0.467. The number of hydrogen-bond acceptors (Lipinski definition) is 9. The average Bonchev–Trinajstić information content (AvgIpc) is 3.01. The van der Waals surface area contributed by atoms with E-state index in [1.165, 1.54) is 32.0 Å². The second-order valence-corrected chi connectivity index (χ2v) is 11.6. The van der Waals surface area contributed by atoms with E-state index in [1.807, 2.05) is 0 Å². The van der Waals surface area contributed by atoms with Crippen LogP contribution in [0.1, 0.15) is 45.2 Å². The van der Waals surface area contributed by atoms with Crippen molar-refractivity contribution in [2.45, 2.75) is 71.2 Å². The molecule has 7 N–H and O–H groups in total. The number of amides is 5. The Hall–Kier alpha value is -5.73. The van der Waals surface area contributed by atoms with Gasteiger partial charge in [-0.3, -0.25) is 28.8 Å². The number of carboxylic acids is 1. The summed E-state index contributed by atoms with van der Waals surface area (Å²) in [6.07, 6.45) is -0.726. The molecule has 0 saturated heterocycles. The molecular formula is C33H39N5O10. The Morgan fingerprint density at radius 2 is 1.46 bits per heavy atom. The van der Waals surface area contributed by atoms with Gasteiger partial charge in [0.05, 0.1) is 18.5 Å². The van der Waals surface area contributed by atoms with Crippen molar-refractivity contribution in [3.05, 3.63) is 76.1 Å². The molecule has 5 amide bonds. The predicted molar refractivity (Wildman–Crippen MR) is 172 cm³/mol. The van der Waals surface area contributed by atoms with Crippen LogP contribution >= 0.6 is 0 Å². The Kier molecular flexibility index (Phi) is 12.8. The lowest BCUT2D eigenvalue weighted by Gasteiger charge is -2.27. The Morgan fingerprint density at radius 3 is 2.08 bits per heavy atom. The molecular weight excluding hydrogens is 626 g/mol. The molecule has 0 saturated carbocycles. The number of fused-ring (bicyclic) bond motifs is 1. The van der Waals surface area contributed by atoms with Gasteiger partial charge in [-0.05, 0) is 42.7 Å². The van der Waals surface area contributed by atoms with E-state index in [1.54, 1.807) is 50.2 Å². The molecule has 3 rings (SSSR count). The standard InChI is InChI=1S/C33H39N5O10/c1-17(2)28(38-31(45)24(36-19(4)39)13-20-9-11-23(40)12-10-20)32(46)35-18(3)29(43)37-25(15-27(41)42)30(44)34-16-22-14-21-7-5-6-8-26(21)48-33(22)47/h5-12,14,17-18,24-25,28,40H,13,15-16H2,1-4H3,(H,34,44)(H,35,46)(H,36,39)(H,37,43)(H,38,45)(H,41,42). The van der Waals surface area contributed by atoms with Gasteiger partial charge in [-0.25, -0.2) is 4.79 Å². The number of phenolic OH excluding ortho intramolecular Hbond substituents is 1. The van der Waals surface area contributed by atoms with Gasteiger partial charge in [0.15, 0.2) is 0 Å². The number of carboxylic acid groups (broad SMARTS) is 1. The van der Waals surface area contributed by atoms with Crippen LogP contribution in [0.4, 0.5) is 0 Å². The SMILES string of the molecule is CC(=O)NC(Cc1ccc(O)cc1)C(=O)NC(C(=O)NC(C)C(=O)NC(CC(=O)O)C(=O)NCc1cc2ccccc2oc1=O)C(C)C. The molecule has 0 fully saturated rings. The van der Waals surface area contributed by atoms with Crippen molar-refractivity contribution in [3.63, 3.8) is 0 Å². The fourth-order valence-corrected chi connectivity index (χ4v) is 4.69. The van der Waals surface area contributed by atoms with Crippen LogP contribution in [0.15, 0.2) is 63.8 Å². The molecule has 4 unspecified atom stereocenters. The smallest absolute Gasteiger partial charge is 0.341 e. The summed E-state index contributed by atoms with van der Waals surface area (Å²) in [7, 11) is 0. The Morgan fingerprint density at radius 1 is 0.792 bits per heavy atom. The number of hydrogen-bond donors (Lipinski definition) is 7. The van der Waals surface area contributed by atoms with Crippen LogP contribution in [0.25, 0.3) is 11.0 Å². The highest BCUT2D eigenvalue weighted by Gasteiger charge is 2.32. The number of carbonyl (C=O) groups is 6. The van der Waals surface area contributed by atoms with Gasteiger partial charge in [-0.1, -0.05) is 44.2 Å². The summed E-state index contributed by atoms with van der Waals surface area (Å²) in [6, 6.07) is 9.29. The number of aliphatic carboxylic acids is 1. The van der Waals surface area contributed by atoms with E-state index in [2.05, 4.69) is 26.6 Å². The van der Waals surface area contributed by atoms with Crippen molar-refractivity contribution in [2.75, 3.05) is 0 Å². The fourth-order valence-electron chi connectivity index (χ4n) is 4.69. The molecule has 3 aromatic rings. The van der Waals surface area contributed by atoms with E-state index in [0.29, 0.717) is 16.5 Å². The molecule has 1 aromatic heterocycles. The van der Waals surface area contributed by atoms with Crippen molar-refractivity contribution in [1.82, 2.24) is 26.6 Å². The van der Waals surface area contributed by atoms with Gasteiger partial charge in [-0.2, -0.15) is 0 Å². The highest BCUT2D eigenvalue weighted by atomic mass is 16.4. The Balaban J connectivity index is 1.64. The first-order valence-corrected chi connectivity index (χ1v) is 15.1. The van der Waals surface area contributed by atoms with Crippen molar-refractivity contribution < 1.29 is 43.4 Å². The van der Waals surface area contributed by atoms with E-state index < -0.39 is 77.6 Å². The van der Waals surface area contributed by atoms with Crippen LogP contribution in [0, 0.1) is 5.92 Å². The Bertz CT molecular complexity index is 1720. The van der Waals surface area contributed by atoms with Crippen LogP contribution in [-0.2, 0) is 41.7 Å². The summed E-state index contributed by atoms with van der Waals surface area (Å²) in [5.74, 6) is -5.48. The van der Waals surface area contributed by atoms with E-state index in [0.717, 1.165) is 0 Å². The molecule has 0 bridgehead atoms. The van der Waals surface area contributed by atoms with E-state index in [9.17, 15) is 43.8 Å². The molecule has 15 heteroatoms. The second-order valence-electron chi connectivity index (χ2n) is 11.6. The average molecular weight is 666 g/mol. The highest BCUT2D eigenvalue weighted by Crippen LogP contribution is 2.14. The fraction of sp³-hybridized carbons (Fsp3) is 0.364. The molecule has 0 aliphatic heterocycles. The monoisotopic (exact) mass is 665 g/mol. The van der Waals surface area contributed by atoms with Gasteiger partial charge >= 0.3 is 11.6 Å². The summed E-state index contributed by atoms with van der Waals surface area (Å²) >= 11 is 0. The first-order valence-electron chi connectivity index (χ1n) is 15.1. The number of nitrogens with one attached hydrogen (secondary N) is 5. The zero-order chi connectivity index (χ0) is 35.5. The van der Waals surface area contributed by atoms with E-state index in [4.69, 9.17) is 4.42 Å². The maximum Gasteiger partial charge on any atom is 0.341 e. The molecule has 0 aliphatic carbocycles. The van der Waals surface area contributed by atoms with Crippen molar-refractivity contribution in [1.29, 1.82) is 0 Å². The molecule has 0 spiro atoms. The number of benzene rings is 2. The first-order chi connectivity index (χ1) is 22.6. The molecule has 2 aromatic carbocycles. The number of para-hydroxylation sites is 1. The first kappa shape index (κ1) is 36.7. The van der Waals surface area contributed by atoms with E-state index >= 15 is 0 Å². The van der Waals surface area contributed by atoms with Crippen molar-refractivity contribution >= 4 is 46.5 Å². The normalized spacial score (nSPS) is 13.4. The molecule has 1 heterocycles. The molecule has 0 radical (unpaired) electrons. The second kappa shape index (κ2) is 16.7. The molecule has 4 atom stereocenters. The third-order valence-electron chi connectivity index (χ3n) is 7.25. The third kappa shape index (κ3) is 10.7. The molecule has 0 aliphatic rings. The summed E-state index contributed by atoms with van der Waals surface area (Å²) in [5.41, 5.74) is 0.400. The largest absolute Gasteiger partial charge is 0.508 e. The van der Waals surface area contributed by atoms with Crippen LogP contribution in [0.3, 0.4) is 0 Å². The zero-order valence-corrected chi connectivity index (χ0v) is 26.9. The number of phenols is 1. The molecule has 256 valence electrons. The third-order valence-corrected chi connectivity index (χ3v) is 7.25. The number of carbonyl (C=O) groups excluding carboxylic acids is 5. The molecule has 15 nitrogen and oxygen atoms in total. The minimum absolute atomic E-state index is 0.0269. The minimum atomic E-state index is -1.55. The van der Waals surface area contributed by atoms with Gasteiger partial charge in [0, 0.05) is 18.7 Å². The van der Waals surface area contributed by atoms with Crippen molar-refractivity contribution in [3.8, 4) is 5.75 Å². The van der Waals surface area contributed by atoms with E-state index in [-0.39, 0.29) is 24.3 Å². The number of aromatic hydroxyl groups is 1. The van der Waals surface area contributed by atoms with Crippen LogP contribution in [-0.4, -0.2) is 69.9 Å². The van der Waals surface area contributed by atoms with Gasteiger partial charge in [0.25, 0.3) is 0 Å². The van der Waals surface area contributed by atoms with Crippen LogP contribution in [0.5, 0.6) is 5.75 Å². The maximum atomic E-state index is 13.2. The van der Waals surface area contributed by atoms with Crippen molar-refractivity contribution in [2.24, 2.45) is 5.92 Å². The Labute approximate surface area is 275 Å². The summed E-state index contributed by atoms with van der Waals surface area (Å²) in [6.45, 7) is 5.57. The molecule has 48 heavy (non-hydrogen) atoms. The number of rotatable bonds is 15. The lowest BCUT2D eigenvalue weighted by Crippen LogP contribution is -2.59. The summed E-state index contributed by atoms with van der Waals surface area (Å²) in [4.78, 5) is 88.0. The van der Waals surface area contributed by atoms with Crippen LogP contribution in [0.2, 0.25) is 0 Å². The van der Waals surface area contributed by atoms with Gasteiger partial charge in [-0.15, -0.1) is 0 Å². The maximum absolute atomic E-state index is 13.2. The minimum Gasteiger partial charge on any atom is -0.508 e.